The van der Waals surface area contributed by atoms with E-state index >= 15 is 0 Å². The Kier molecular flexibility index (Phi) is 5.41. The van der Waals surface area contributed by atoms with Crippen molar-refractivity contribution in [3.63, 3.8) is 0 Å². The fraction of sp³-hybridized carbons (Fsp3) is 0.261. The van der Waals surface area contributed by atoms with Crippen LogP contribution in [0.15, 0.2) is 47.4 Å². The van der Waals surface area contributed by atoms with E-state index < -0.39 is 6.61 Å². The van der Waals surface area contributed by atoms with Gasteiger partial charge >= 0.3 is 6.61 Å². The number of hydrogen-bond acceptors (Lipinski definition) is 6. The van der Waals surface area contributed by atoms with Crippen LogP contribution >= 0.6 is 0 Å². The van der Waals surface area contributed by atoms with Crippen molar-refractivity contribution in [3.8, 4) is 28.6 Å². The SMILES string of the molecule is COc1cccc(Cc2c(-c3ccc(OC(F)F)c(OC4CC4)c3)[nH]c3cn[nH]c(=O)c23)n1. The Bertz CT molecular complexity index is 1360. The van der Waals surface area contributed by atoms with Gasteiger partial charge in [0, 0.05) is 23.7 Å². The van der Waals surface area contributed by atoms with Gasteiger partial charge in [0.2, 0.25) is 5.88 Å². The summed E-state index contributed by atoms with van der Waals surface area (Å²) in [5, 5.41) is 6.79. The van der Waals surface area contributed by atoms with E-state index in [2.05, 4.69) is 24.9 Å². The van der Waals surface area contributed by atoms with Crippen LogP contribution in [0.2, 0.25) is 0 Å². The molecule has 3 aromatic heterocycles. The van der Waals surface area contributed by atoms with Crippen LogP contribution in [0.1, 0.15) is 24.1 Å². The van der Waals surface area contributed by atoms with Crippen LogP contribution in [0, 0.1) is 0 Å². The fourth-order valence-electron chi connectivity index (χ4n) is 3.72. The van der Waals surface area contributed by atoms with Gasteiger partial charge in [0.15, 0.2) is 11.5 Å². The molecule has 3 heterocycles. The first-order chi connectivity index (χ1) is 16.0. The van der Waals surface area contributed by atoms with E-state index in [4.69, 9.17) is 9.47 Å². The van der Waals surface area contributed by atoms with Crippen molar-refractivity contribution in [2.45, 2.75) is 32.0 Å². The highest BCUT2D eigenvalue weighted by atomic mass is 19.3. The number of nitrogens with one attached hydrogen (secondary N) is 2. The Morgan fingerprint density at radius 2 is 2.03 bits per heavy atom. The molecule has 0 aliphatic heterocycles. The third-order valence-electron chi connectivity index (χ3n) is 5.33. The Labute approximate surface area is 186 Å². The number of benzene rings is 1. The lowest BCUT2D eigenvalue weighted by atomic mass is 10.0. The molecule has 1 aromatic carbocycles. The number of pyridine rings is 1. The van der Waals surface area contributed by atoms with Crippen molar-refractivity contribution in [2.24, 2.45) is 0 Å². The first kappa shape index (κ1) is 20.9. The maximum absolute atomic E-state index is 12.9. The molecule has 1 fully saturated rings. The molecule has 2 N–H and O–H groups in total. The summed E-state index contributed by atoms with van der Waals surface area (Å²) in [6.07, 6.45) is 3.55. The van der Waals surface area contributed by atoms with Gasteiger partial charge in [-0.05, 0) is 42.7 Å². The topological polar surface area (TPSA) is 102 Å². The van der Waals surface area contributed by atoms with Crippen molar-refractivity contribution >= 4 is 10.9 Å². The van der Waals surface area contributed by atoms with E-state index in [0.717, 1.165) is 12.8 Å². The van der Waals surface area contributed by atoms with Gasteiger partial charge in [-0.25, -0.2) is 10.1 Å². The molecule has 0 amide bonds. The summed E-state index contributed by atoms with van der Waals surface area (Å²) in [5.74, 6) is 0.650. The van der Waals surface area contributed by atoms with E-state index in [9.17, 15) is 13.6 Å². The van der Waals surface area contributed by atoms with Gasteiger partial charge in [0.05, 0.1) is 36.0 Å². The van der Waals surface area contributed by atoms with Crippen molar-refractivity contribution < 1.29 is 23.0 Å². The zero-order chi connectivity index (χ0) is 22.9. The highest BCUT2D eigenvalue weighted by molar-refractivity contribution is 5.90. The molecule has 4 aromatic rings. The smallest absolute Gasteiger partial charge is 0.387 e. The molecule has 8 nitrogen and oxygen atoms in total. The summed E-state index contributed by atoms with van der Waals surface area (Å²) >= 11 is 0. The second-order valence-electron chi connectivity index (χ2n) is 7.67. The summed E-state index contributed by atoms with van der Waals surface area (Å²) in [4.78, 5) is 20.3. The van der Waals surface area contributed by atoms with Gasteiger partial charge in [-0.15, -0.1) is 0 Å². The maximum Gasteiger partial charge on any atom is 0.387 e. The average molecular weight is 454 g/mol. The van der Waals surface area contributed by atoms with Crippen molar-refractivity contribution in [1.82, 2.24) is 20.2 Å². The third kappa shape index (κ3) is 4.36. The number of H-pyrrole nitrogens is 2. The first-order valence-corrected chi connectivity index (χ1v) is 10.4. The van der Waals surface area contributed by atoms with E-state index in [1.807, 2.05) is 12.1 Å². The normalized spacial score (nSPS) is 13.5. The molecular formula is C23H20F2N4O4. The first-order valence-electron chi connectivity index (χ1n) is 10.4. The summed E-state index contributed by atoms with van der Waals surface area (Å²) in [5.41, 5.74) is 2.87. The Balaban J connectivity index is 1.63. The fourth-order valence-corrected chi connectivity index (χ4v) is 3.72. The summed E-state index contributed by atoms with van der Waals surface area (Å²) in [7, 11) is 1.53. The molecule has 5 rings (SSSR count). The lowest BCUT2D eigenvalue weighted by Crippen LogP contribution is -2.08. The van der Waals surface area contributed by atoms with Crippen LogP contribution in [-0.2, 0) is 6.42 Å². The predicted octanol–water partition coefficient (Wildman–Crippen LogP) is 4.06. The number of aromatic amines is 2. The average Bonchev–Trinajstić information content (AvgIpc) is 3.54. The van der Waals surface area contributed by atoms with E-state index in [1.165, 1.54) is 19.4 Å². The molecule has 0 unspecified atom stereocenters. The van der Waals surface area contributed by atoms with Crippen LogP contribution in [0.25, 0.3) is 22.2 Å². The summed E-state index contributed by atoms with van der Waals surface area (Å²) in [6.45, 7) is -2.97. The van der Waals surface area contributed by atoms with Crippen LogP contribution in [0.4, 0.5) is 8.78 Å². The molecular weight excluding hydrogens is 434 g/mol. The van der Waals surface area contributed by atoms with Crippen LogP contribution in [0.5, 0.6) is 17.4 Å². The number of alkyl halides is 2. The monoisotopic (exact) mass is 454 g/mol. The molecule has 10 heteroatoms. The van der Waals surface area contributed by atoms with Gasteiger partial charge in [0.1, 0.15) is 0 Å². The number of halogens is 2. The molecule has 0 atom stereocenters. The number of hydrogen-bond donors (Lipinski definition) is 2. The van der Waals surface area contributed by atoms with Gasteiger partial charge < -0.3 is 19.2 Å². The van der Waals surface area contributed by atoms with Crippen LogP contribution < -0.4 is 19.8 Å². The van der Waals surface area contributed by atoms with E-state index in [1.54, 1.807) is 18.2 Å². The predicted molar refractivity (Wildman–Crippen MR) is 116 cm³/mol. The zero-order valence-corrected chi connectivity index (χ0v) is 17.6. The number of fused-ring (bicyclic) bond motifs is 1. The van der Waals surface area contributed by atoms with Crippen LogP contribution in [0.3, 0.4) is 0 Å². The lowest BCUT2D eigenvalue weighted by Gasteiger charge is -2.14. The minimum Gasteiger partial charge on any atom is -0.487 e. The van der Waals surface area contributed by atoms with Crippen molar-refractivity contribution in [3.05, 3.63) is 64.2 Å². The minimum absolute atomic E-state index is 0.0181. The second-order valence-corrected chi connectivity index (χ2v) is 7.67. The highest BCUT2D eigenvalue weighted by Crippen LogP contribution is 2.39. The molecule has 0 radical (unpaired) electrons. The Morgan fingerprint density at radius 1 is 1.18 bits per heavy atom. The number of nitrogens with zero attached hydrogens (tertiary/aromatic N) is 2. The van der Waals surface area contributed by atoms with Crippen molar-refractivity contribution in [2.75, 3.05) is 7.11 Å². The number of ether oxygens (including phenoxy) is 3. The van der Waals surface area contributed by atoms with Gasteiger partial charge in [-0.3, -0.25) is 4.79 Å². The van der Waals surface area contributed by atoms with Gasteiger partial charge in [-0.2, -0.15) is 13.9 Å². The summed E-state index contributed by atoms with van der Waals surface area (Å²) < 4.78 is 41.4. The minimum atomic E-state index is -2.97. The molecule has 0 saturated heterocycles. The number of aromatic nitrogens is 4. The summed E-state index contributed by atoms with van der Waals surface area (Å²) in [6, 6.07) is 10.1. The van der Waals surface area contributed by atoms with Crippen molar-refractivity contribution in [1.29, 1.82) is 0 Å². The van der Waals surface area contributed by atoms with E-state index in [0.29, 0.717) is 45.7 Å². The Hall–Kier alpha value is -3.95. The van der Waals surface area contributed by atoms with Gasteiger partial charge in [0.25, 0.3) is 5.56 Å². The molecule has 0 spiro atoms. The number of rotatable bonds is 8. The van der Waals surface area contributed by atoms with E-state index in [-0.39, 0.29) is 23.2 Å². The zero-order valence-electron chi connectivity index (χ0n) is 17.6. The molecule has 1 aliphatic rings. The standard InChI is InChI=1S/C23H20F2N4O4/c1-31-19-4-2-3-13(27-19)10-15-20-16(11-26-29-22(20)30)28-21(15)12-5-8-17(33-23(24)25)18(9-12)32-14-6-7-14/h2-5,8-9,11,14,23,28H,6-7,10H2,1H3,(H,29,30). The number of methoxy groups -OCH3 is 1. The molecule has 1 aliphatic carbocycles. The third-order valence-corrected chi connectivity index (χ3v) is 5.33. The lowest BCUT2D eigenvalue weighted by molar-refractivity contribution is -0.0516. The van der Waals surface area contributed by atoms with Gasteiger partial charge in [-0.1, -0.05) is 6.07 Å². The highest BCUT2D eigenvalue weighted by Gasteiger charge is 2.26. The molecule has 1 saturated carbocycles. The maximum atomic E-state index is 12.9. The molecule has 0 bridgehead atoms. The Morgan fingerprint density at radius 3 is 2.79 bits per heavy atom. The molecule has 33 heavy (non-hydrogen) atoms. The largest absolute Gasteiger partial charge is 0.487 e. The molecule has 170 valence electrons. The van der Waals surface area contributed by atoms with Crippen LogP contribution in [-0.4, -0.2) is 40.0 Å². The quantitative estimate of drug-likeness (QED) is 0.416. The second kappa shape index (κ2) is 8.53.